The average Bonchev–Trinajstić information content (AvgIpc) is 3.59. The number of ether oxygens (including phenoxy) is 1. The molecule has 4 aromatic rings. The molecule has 0 bridgehead atoms. The Morgan fingerprint density at radius 1 is 1.21 bits per heavy atom. The number of hydrogen-bond acceptors (Lipinski definition) is 7. The molecule has 1 unspecified atom stereocenters. The minimum atomic E-state index is -0.515. The van der Waals surface area contributed by atoms with Gasteiger partial charge in [0.15, 0.2) is 11.6 Å². The van der Waals surface area contributed by atoms with Gasteiger partial charge in [0.1, 0.15) is 11.7 Å². The molecule has 2 aromatic heterocycles. The Balaban J connectivity index is 1.50. The predicted octanol–water partition coefficient (Wildman–Crippen LogP) is 4.06. The first-order valence-corrected chi connectivity index (χ1v) is 10.9. The van der Waals surface area contributed by atoms with Gasteiger partial charge in [0.2, 0.25) is 11.7 Å². The van der Waals surface area contributed by atoms with Crippen LogP contribution >= 0.6 is 0 Å². The second-order valence-corrected chi connectivity index (χ2v) is 8.23. The molecular weight excluding hydrogens is 439 g/mol. The Morgan fingerprint density at radius 2 is 2.00 bits per heavy atom. The van der Waals surface area contributed by atoms with Crippen molar-refractivity contribution in [2.45, 2.75) is 32.7 Å². The van der Waals surface area contributed by atoms with Gasteiger partial charge in [0.05, 0.1) is 30.6 Å². The molecule has 0 N–H and O–H groups in total. The predicted molar refractivity (Wildman–Crippen MR) is 120 cm³/mol. The Morgan fingerprint density at radius 3 is 2.76 bits per heavy atom. The lowest BCUT2D eigenvalue weighted by molar-refractivity contribution is 0.0709. The lowest BCUT2D eigenvalue weighted by Crippen LogP contribution is -2.32. The molecule has 34 heavy (non-hydrogen) atoms. The zero-order valence-corrected chi connectivity index (χ0v) is 19.0. The van der Waals surface area contributed by atoms with Crippen molar-refractivity contribution in [1.29, 1.82) is 0 Å². The summed E-state index contributed by atoms with van der Waals surface area (Å²) in [6.45, 7) is 4.42. The summed E-state index contributed by atoms with van der Waals surface area (Å²) in [6, 6.07) is 7.96. The second kappa shape index (κ2) is 8.69. The number of para-hydroxylation sites is 1. The van der Waals surface area contributed by atoms with Crippen molar-refractivity contribution in [3.8, 4) is 22.8 Å². The third-order valence-corrected chi connectivity index (χ3v) is 5.95. The Kier molecular flexibility index (Phi) is 5.56. The van der Waals surface area contributed by atoms with E-state index in [9.17, 15) is 9.18 Å². The van der Waals surface area contributed by atoms with Crippen molar-refractivity contribution in [3.05, 3.63) is 71.1 Å². The molecule has 9 nitrogen and oxygen atoms in total. The fourth-order valence-electron chi connectivity index (χ4n) is 4.51. The van der Waals surface area contributed by atoms with E-state index in [1.807, 2.05) is 26.0 Å². The number of benzene rings is 2. The summed E-state index contributed by atoms with van der Waals surface area (Å²) in [5.41, 5.74) is 3.39. The number of carbonyl (C=O) groups is 1. The van der Waals surface area contributed by atoms with Crippen LogP contribution in [0.1, 0.15) is 46.3 Å². The number of methoxy groups -OCH3 is 1. The van der Waals surface area contributed by atoms with Crippen molar-refractivity contribution in [3.63, 3.8) is 0 Å². The minimum absolute atomic E-state index is 0.0424. The number of carbonyl (C=O) groups excluding carboxylic acids is 1. The summed E-state index contributed by atoms with van der Waals surface area (Å²) in [6.07, 6.45) is 4.62. The van der Waals surface area contributed by atoms with Crippen LogP contribution in [0.5, 0.6) is 5.75 Å². The molecular formula is C24H23FN6O3. The van der Waals surface area contributed by atoms with Crippen LogP contribution in [0.2, 0.25) is 0 Å². The molecule has 0 radical (unpaired) electrons. The monoisotopic (exact) mass is 462 g/mol. The van der Waals surface area contributed by atoms with Crippen molar-refractivity contribution in [2.75, 3.05) is 13.7 Å². The third-order valence-electron chi connectivity index (χ3n) is 5.95. The van der Waals surface area contributed by atoms with Gasteiger partial charge in [-0.05, 0) is 56.0 Å². The van der Waals surface area contributed by atoms with E-state index < -0.39 is 11.9 Å². The van der Waals surface area contributed by atoms with Crippen LogP contribution in [0.15, 0.2) is 47.2 Å². The van der Waals surface area contributed by atoms with Crippen LogP contribution in [0, 0.1) is 19.7 Å². The first kappa shape index (κ1) is 21.7. The van der Waals surface area contributed by atoms with Crippen molar-refractivity contribution < 1.29 is 18.4 Å². The molecule has 0 saturated carbocycles. The van der Waals surface area contributed by atoms with E-state index in [0.717, 1.165) is 17.5 Å². The fourth-order valence-corrected chi connectivity index (χ4v) is 4.51. The highest BCUT2D eigenvalue weighted by molar-refractivity contribution is 5.98. The third kappa shape index (κ3) is 3.70. The average molecular weight is 462 g/mol. The molecule has 2 aromatic carbocycles. The summed E-state index contributed by atoms with van der Waals surface area (Å²) >= 11 is 0. The maximum absolute atomic E-state index is 14.1. The first-order valence-electron chi connectivity index (χ1n) is 10.9. The number of rotatable bonds is 5. The molecule has 0 aliphatic carbocycles. The van der Waals surface area contributed by atoms with Gasteiger partial charge < -0.3 is 14.2 Å². The molecule has 1 saturated heterocycles. The Bertz CT molecular complexity index is 1350. The van der Waals surface area contributed by atoms with E-state index in [0.29, 0.717) is 35.7 Å². The molecule has 3 heterocycles. The van der Waals surface area contributed by atoms with Crippen molar-refractivity contribution in [1.82, 2.24) is 30.0 Å². The van der Waals surface area contributed by atoms with Gasteiger partial charge in [0, 0.05) is 6.54 Å². The Hall–Kier alpha value is -4.08. The second-order valence-electron chi connectivity index (χ2n) is 8.23. The van der Waals surface area contributed by atoms with Gasteiger partial charge >= 0.3 is 0 Å². The lowest BCUT2D eigenvalue weighted by Gasteiger charge is -2.24. The van der Waals surface area contributed by atoms with Gasteiger partial charge in [0.25, 0.3) is 5.91 Å². The summed E-state index contributed by atoms with van der Waals surface area (Å²) in [5, 5.41) is 12.5. The van der Waals surface area contributed by atoms with Gasteiger partial charge in [-0.1, -0.05) is 17.3 Å². The molecule has 1 aliphatic rings. The standard InChI is InChI=1S/C24H23FN6O3/c1-14-12-15(2)20(31-26-9-10-27-31)17(13-14)24(32)30-11-5-8-19(30)23-28-22(29-34-23)16-6-4-7-18(25)21(16)33-3/h4,6-7,9-10,12-13,19H,5,8,11H2,1-3H3. The number of nitrogens with zero attached hydrogens (tertiary/aromatic N) is 6. The highest BCUT2D eigenvalue weighted by atomic mass is 19.1. The van der Waals surface area contributed by atoms with Crippen LogP contribution < -0.4 is 4.74 Å². The van der Waals surface area contributed by atoms with Crippen LogP contribution in [0.25, 0.3) is 17.1 Å². The van der Waals surface area contributed by atoms with E-state index in [2.05, 4.69) is 20.3 Å². The molecule has 1 atom stereocenters. The molecule has 10 heteroatoms. The van der Waals surface area contributed by atoms with Crippen molar-refractivity contribution in [2.24, 2.45) is 0 Å². The summed E-state index contributed by atoms with van der Waals surface area (Å²) in [4.78, 5) is 21.5. The highest BCUT2D eigenvalue weighted by Gasteiger charge is 2.36. The van der Waals surface area contributed by atoms with E-state index in [4.69, 9.17) is 9.26 Å². The number of amides is 1. The van der Waals surface area contributed by atoms with E-state index in [-0.39, 0.29) is 17.5 Å². The van der Waals surface area contributed by atoms with Crippen LogP contribution in [-0.2, 0) is 0 Å². The molecule has 1 aliphatic heterocycles. The normalized spacial score (nSPS) is 15.6. The van der Waals surface area contributed by atoms with Gasteiger partial charge in [-0.25, -0.2) is 4.39 Å². The fraction of sp³-hybridized carbons (Fsp3) is 0.292. The zero-order valence-electron chi connectivity index (χ0n) is 19.0. The SMILES string of the molecule is COc1c(F)cccc1-c1noc(C2CCCN2C(=O)c2cc(C)cc(C)c2-n2nccn2)n1. The molecule has 0 spiro atoms. The molecule has 174 valence electrons. The number of likely N-dealkylation sites (tertiary alicyclic amines) is 1. The summed E-state index contributed by atoms with van der Waals surface area (Å²) < 4.78 is 24.9. The van der Waals surface area contributed by atoms with Gasteiger partial charge in [-0.15, -0.1) is 0 Å². The maximum atomic E-state index is 14.1. The van der Waals surface area contributed by atoms with Crippen LogP contribution in [0.4, 0.5) is 4.39 Å². The Labute approximate surface area is 195 Å². The first-order chi connectivity index (χ1) is 16.5. The van der Waals surface area contributed by atoms with E-state index in [1.54, 1.807) is 29.4 Å². The summed E-state index contributed by atoms with van der Waals surface area (Å²) in [7, 11) is 1.39. The molecule has 1 fully saturated rings. The largest absolute Gasteiger partial charge is 0.493 e. The van der Waals surface area contributed by atoms with E-state index in [1.165, 1.54) is 18.0 Å². The maximum Gasteiger partial charge on any atom is 0.256 e. The summed E-state index contributed by atoms with van der Waals surface area (Å²) in [5.74, 6) is -0.127. The van der Waals surface area contributed by atoms with Gasteiger partial charge in [-0.2, -0.15) is 20.0 Å². The molecule has 1 amide bonds. The number of aryl methyl sites for hydroxylation is 2. The quantitative estimate of drug-likeness (QED) is 0.441. The number of hydrogen-bond donors (Lipinski definition) is 0. The zero-order chi connectivity index (χ0) is 23.8. The van der Waals surface area contributed by atoms with Crippen molar-refractivity contribution >= 4 is 5.91 Å². The molecule has 5 rings (SSSR count). The number of halogens is 1. The minimum Gasteiger partial charge on any atom is -0.493 e. The number of aromatic nitrogens is 5. The van der Waals surface area contributed by atoms with Crippen LogP contribution in [0.3, 0.4) is 0 Å². The smallest absolute Gasteiger partial charge is 0.256 e. The lowest BCUT2D eigenvalue weighted by atomic mass is 10.0. The highest BCUT2D eigenvalue weighted by Crippen LogP contribution is 2.36. The topological polar surface area (TPSA) is 99.2 Å². The van der Waals surface area contributed by atoms with E-state index >= 15 is 0 Å². The van der Waals surface area contributed by atoms with Crippen LogP contribution in [-0.4, -0.2) is 49.6 Å². The van der Waals surface area contributed by atoms with Gasteiger partial charge in [-0.3, -0.25) is 4.79 Å².